The van der Waals surface area contributed by atoms with Crippen LogP contribution in [0.25, 0.3) is 5.78 Å². The molecule has 0 aromatic carbocycles. The lowest BCUT2D eigenvalue weighted by atomic mass is 10.3. The summed E-state index contributed by atoms with van der Waals surface area (Å²) in [5, 5.41) is 3.82. The first-order chi connectivity index (χ1) is 8.91. The van der Waals surface area contributed by atoms with Gasteiger partial charge in [-0.25, -0.2) is 17.9 Å². The quantitative estimate of drug-likeness (QED) is 0.775. The zero-order valence-electron chi connectivity index (χ0n) is 10.4. The standard InChI is InChI=1S/C10H13ClN4O3S/c1-3-7(2)18-5-8-9(19(11,16)17)4-15-10(14-8)12-6-13-15/h4,6-7H,3,5H2,1-2H3. The molecular weight excluding hydrogens is 292 g/mol. The van der Waals surface area contributed by atoms with Crippen LogP contribution in [0.1, 0.15) is 26.0 Å². The summed E-state index contributed by atoms with van der Waals surface area (Å²) in [5.41, 5.74) is 0.232. The van der Waals surface area contributed by atoms with E-state index in [-0.39, 0.29) is 23.3 Å². The average molecular weight is 305 g/mol. The minimum Gasteiger partial charge on any atom is -0.372 e. The predicted octanol–water partition coefficient (Wildman–Crippen LogP) is 1.37. The summed E-state index contributed by atoms with van der Waals surface area (Å²) in [6, 6.07) is 0. The van der Waals surface area contributed by atoms with Gasteiger partial charge in [-0.15, -0.1) is 0 Å². The maximum atomic E-state index is 11.5. The van der Waals surface area contributed by atoms with Crippen LogP contribution >= 0.6 is 10.7 Å². The second-order valence-electron chi connectivity index (χ2n) is 4.02. The van der Waals surface area contributed by atoms with Gasteiger partial charge in [0.15, 0.2) is 0 Å². The van der Waals surface area contributed by atoms with Gasteiger partial charge in [-0.05, 0) is 13.3 Å². The number of hydrogen-bond donors (Lipinski definition) is 0. The molecule has 0 saturated heterocycles. The topological polar surface area (TPSA) is 86.4 Å². The maximum Gasteiger partial charge on any atom is 0.264 e. The Morgan fingerprint density at radius 2 is 2.26 bits per heavy atom. The zero-order valence-corrected chi connectivity index (χ0v) is 12.0. The van der Waals surface area contributed by atoms with Crippen molar-refractivity contribution in [3.8, 4) is 0 Å². The van der Waals surface area contributed by atoms with E-state index in [0.29, 0.717) is 5.78 Å². The first-order valence-corrected chi connectivity index (χ1v) is 7.98. The molecule has 0 aliphatic carbocycles. The molecule has 2 rings (SSSR count). The minimum atomic E-state index is -3.92. The van der Waals surface area contributed by atoms with Crippen LogP contribution in [-0.2, 0) is 20.4 Å². The molecule has 2 aromatic heterocycles. The van der Waals surface area contributed by atoms with Crippen molar-refractivity contribution in [2.75, 3.05) is 0 Å². The third-order valence-electron chi connectivity index (χ3n) is 2.66. The van der Waals surface area contributed by atoms with Gasteiger partial charge in [0.2, 0.25) is 0 Å². The summed E-state index contributed by atoms with van der Waals surface area (Å²) >= 11 is 0. The van der Waals surface area contributed by atoms with Gasteiger partial charge in [-0.3, -0.25) is 0 Å². The zero-order chi connectivity index (χ0) is 14.0. The van der Waals surface area contributed by atoms with Crippen molar-refractivity contribution in [3.05, 3.63) is 18.2 Å². The molecule has 0 saturated carbocycles. The van der Waals surface area contributed by atoms with Crippen LogP contribution in [0.4, 0.5) is 0 Å². The molecule has 0 bridgehead atoms. The lowest BCUT2D eigenvalue weighted by Crippen LogP contribution is -2.11. The predicted molar refractivity (Wildman–Crippen MR) is 68.4 cm³/mol. The molecule has 2 heterocycles. The third-order valence-corrected chi connectivity index (χ3v) is 4.02. The van der Waals surface area contributed by atoms with Crippen LogP contribution in [0.3, 0.4) is 0 Å². The Morgan fingerprint density at radius 3 is 2.89 bits per heavy atom. The van der Waals surface area contributed by atoms with Gasteiger partial charge in [-0.1, -0.05) is 6.92 Å². The van der Waals surface area contributed by atoms with Crippen LogP contribution in [0, 0.1) is 0 Å². The van der Waals surface area contributed by atoms with Crippen LogP contribution in [0.15, 0.2) is 17.4 Å². The lowest BCUT2D eigenvalue weighted by molar-refractivity contribution is 0.0475. The number of aromatic nitrogens is 4. The number of fused-ring (bicyclic) bond motifs is 1. The van der Waals surface area contributed by atoms with Crippen LogP contribution in [0.2, 0.25) is 0 Å². The monoisotopic (exact) mass is 304 g/mol. The maximum absolute atomic E-state index is 11.5. The third kappa shape index (κ3) is 3.20. The van der Waals surface area contributed by atoms with E-state index in [2.05, 4.69) is 15.1 Å². The van der Waals surface area contributed by atoms with E-state index < -0.39 is 9.05 Å². The van der Waals surface area contributed by atoms with Crippen molar-refractivity contribution in [2.45, 2.75) is 37.9 Å². The fraction of sp³-hybridized carbons (Fsp3) is 0.500. The highest BCUT2D eigenvalue weighted by molar-refractivity contribution is 8.13. The number of halogens is 1. The van der Waals surface area contributed by atoms with Crippen molar-refractivity contribution >= 4 is 25.5 Å². The first kappa shape index (κ1) is 14.2. The number of nitrogens with zero attached hydrogens (tertiary/aromatic N) is 4. The molecule has 1 unspecified atom stereocenters. The van der Waals surface area contributed by atoms with Gasteiger partial charge in [0.05, 0.1) is 24.6 Å². The van der Waals surface area contributed by atoms with Crippen molar-refractivity contribution < 1.29 is 13.2 Å². The van der Waals surface area contributed by atoms with E-state index in [1.54, 1.807) is 0 Å². The second-order valence-corrected chi connectivity index (χ2v) is 6.56. The number of hydrogen-bond acceptors (Lipinski definition) is 6. The number of ether oxygens (including phenoxy) is 1. The largest absolute Gasteiger partial charge is 0.372 e. The SMILES string of the molecule is CCC(C)OCc1nc2ncnn2cc1S(=O)(=O)Cl. The van der Waals surface area contributed by atoms with E-state index in [1.807, 2.05) is 13.8 Å². The smallest absolute Gasteiger partial charge is 0.264 e. The highest BCUT2D eigenvalue weighted by Gasteiger charge is 2.20. The highest BCUT2D eigenvalue weighted by Crippen LogP contribution is 2.20. The summed E-state index contributed by atoms with van der Waals surface area (Å²) in [6.45, 7) is 3.92. The molecule has 0 N–H and O–H groups in total. The summed E-state index contributed by atoms with van der Waals surface area (Å²) in [7, 11) is 1.48. The van der Waals surface area contributed by atoms with E-state index in [1.165, 1.54) is 17.0 Å². The molecule has 0 spiro atoms. The Morgan fingerprint density at radius 1 is 1.53 bits per heavy atom. The fourth-order valence-corrected chi connectivity index (χ4v) is 2.42. The molecule has 0 amide bonds. The van der Waals surface area contributed by atoms with Gasteiger partial charge >= 0.3 is 0 Å². The van der Waals surface area contributed by atoms with Crippen molar-refractivity contribution in [1.82, 2.24) is 19.6 Å². The molecule has 104 valence electrons. The van der Waals surface area contributed by atoms with Crippen molar-refractivity contribution in [3.63, 3.8) is 0 Å². The van der Waals surface area contributed by atoms with E-state index in [4.69, 9.17) is 15.4 Å². The molecule has 19 heavy (non-hydrogen) atoms. The van der Waals surface area contributed by atoms with Crippen molar-refractivity contribution in [2.24, 2.45) is 0 Å². The molecule has 9 heteroatoms. The van der Waals surface area contributed by atoms with Gasteiger partial charge in [0.1, 0.15) is 11.2 Å². The Kier molecular flexibility index (Phi) is 4.02. The van der Waals surface area contributed by atoms with Crippen LogP contribution in [-0.4, -0.2) is 34.1 Å². The summed E-state index contributed by atoms with van der Waals surface area (Å²) in [5.74, 6) is 0.298. The van der Waals surface area contributed by atoms with Crippen LogP contribution < -0.4 is 0 Å². The average Bonchev–Trinajstić information content (AvgIpc) is 2.80. The van der Waals surface area contributed by atoms with Gasteiger partial charge in [-0.2, -0.15) is 10.1 Å². The minimum absolute atomic E-state index is 0.00164. The second kappa shape index (κ2) is 5.40. The van der Waals surface area contributed by atoms with E-state index in [0.717, 1.165) is 6.42 Å². The molecular formula is C10H13ClN4O3S. The Hall–Kier alpha value is -1.25. The van der Waals surface area contributed by atoms with Gasteiger partial charge in [0, 0.05) is 10.7 Å². The summed E-state index contributed by atoms with van der Waals surface area (Å²) in [6.07, 6.45) is 3.39. The Bertz CT molecular complexity index is 685. The highest BCUT2D eigenvalue weighted by atomic mass is 35.7. The molecule has 0 fully saturated rings. The molecule has 1 atom stereocenters. The van der Waals surface area contributed by atoms with Gasteiger partial charge in [0.25, 0.3) is 14.8 Å². The van der Waals surface area contributed by atoms with Crippen molar-refractivity contribution in [1.29, 1.82) is 0 Å². The summed E-state index contributed by atoms with van der Waals surface area (Å²) < 4.78 is 29.8. The Balaban J connectivity index is 2.44. The molecule has 0 aliphatic rings. The number of rotatable bonds is 5. The Labute approximate surface area is 115 Å². The molecule has 2 aromatic rings. The lowest BCUT2D eigenvalue weighted by Gasteiger charge is -2.11. The normalized spacial score (nSPS) is 13.8. The molecule has 0 aliphatic heterocycles. The van der Waals surface area contributed by atoms with Crippen LogP contribution in [0.5, 0.6) is 0 Å². The first-order valence-electron chi connectivity index (χ1n) is 5.67. The van der Waals surface area contributed by atoms with Gasteiger partial charge < -0.3 is 4.74 Å². The van der Waals surface area contributed by atoms with E-state index in [9.17, 15) is 8.42 Å². The molecule has 7 nitrogen and oxygen atoms in total. The molecule has 0 radical (unpaired) electrons. The van der Waals surface area contributed by atoms with E-state index >= 15 is 0 Å². The fourth-order valence-electron chi connectivity index (χ4n) is 1.42. The summed E-state index contributed by atoms with van der Waals surface area (Å²) in [4.78, 5) is 7.89.